The predicted molar refractivity (Wildman–Crippen MR) is 78.0 cm³/mol. The summed E-state index contributed by atoms with van der Waals surface area (Å²) in [7, 11) is 1.89. The smallest absolute Gasteiger partial charge is 0.251 e. The van der Waals surface area contributed by atoms with Crippen molar-refractivity contribution in [2.24, 2.45) is 7.05 Å². The van der Waals surface area contributed by atoms with Crippen molar-refractivity contribution in [2.45, 2.75) is 19.9 Å². The Morgan fingerprint density at radius 2 is 2.00 bits per heavy atom. The van der Waals surface area contributed by atoms with Crippen LogP contribution in [0.5, 0.6) is 0 Å². The zero-order valence-corrected chi connectivity index (χ0v) is 12.7. The highest BCUT2D eigenvalue weighted by atomic mass is 79.9. The van der Waals surface area contributed by atoms with Crippen molar-refractivity contribution in [3.05, 3.63) is 51.8 Å². The third kappa shape index (κ3) is 3.04. The Morgan fingerprint density at radius 3 is 2.53 bits per heavy atom. The number of rotatable bonds is 3. The first-order valence-electron chi connectivity index (χ1n) is 6.04. The summed E-state index contributed by atoms with van der Waals surface area (Å²) in [6, 6.07) is 7.23. The maximum absolute atomic E-state index is 12.1. The standard InChI is InChI=1S/C14H16BrN3O/c1-9(13-8-16-18(3)10(13)2)17-14(19)11-4-6-12(15)7-5-11/h4-9H,1-3H3,(H,17,19). The fourth-order valence-electron chi connectivity index (χ4n) is 1.90. The Balaban J connectivity index is 2.10. The Bertz CT molecular complexity index is 589. The summed E-state index contributed by atoms with van der Waals surface area (Å²) >= 11 is 3.35. The van der Waals surface area contributed by atoms with E-state index in [1.54, 1.807) is 23.0 Å². The molecule has 0 fully saturated rings. The molecule has 0 saturated carbocycles. The lowest BCUT2D eigenvalue weighted by atomic mass is 10.1. The molecule has 1 heterocycles. The summed E-state index contributed by atoms with van der Waals surface area (Å²) in [5.74, 6) is -0.0803. The van der Waals surface area contributed by atoms with E-state index < -0.39 is 0 Å². The average molecular weight is 322 g/mol. The van der Waals surface area contributed by atoms with E-state index in [9.17, 15) is 4.79 Å². The van der Waals surface area contributed by atoms with Gasteiger partial charge in [-0.2, -0.15) is 5.10 Å². The van der Waals surface area contributed by atoms with Crippen molar-refractivity contribution >= 4 is 21.8 Å². The topological polar surface area (TPSA) is 46.9 Å². The van der Waals surface area contributed by atoms with Crippen LogP contribution in [0.2, 0.25) is 0 Å². The van der Waals surface area contributed by atoms with E-state index in [-0.39, 0.29) is 11.9 Å². The van der Waals surface area contributed by atoms with Crippen molar-refractivity contribution in [2.75, 3.05) is 0 Å². The Kier molecular flexibility index (Phi) is 4.04. The van der Waals surface area contributed by atoms with Crippen molar-refractivity contribution in [1.82, 2.24) is 15.1 Å². The number of aryl methyl sites for hydroxylation is 1. The molecule has 2 rings (SSSR count). The lowest BCUT2D eigenvalue weighted by molar-refractivity contribution is 0.0940. The van der Waals surface area contributed by atoms with Gasteiger partial charge in [0.15, 0.2) is 0 Å². The van der Waals surface area contributed by atoms with E-state index in [0.717, 1.165) is 15.7 Å². The highest BCUT2D eigenvalue weighted by Crippen LogP contribution is 2.17. The fourth-order valence-corrected chi connectivity index (χ4v) is 2.16. The molecule has 1 aromatic heterocycles. The molecule has 0 spiro atoms. The van der Waals surface area contributed by atoms with Crippen LogP contribution >= 0.6 is 15.9 Å². The molecule has 0 aliphatic carbocycles. The molecular weight excluding hydrogens is 306 g/mol. The molecule has 1 unspecified atom stereocenters. The molecule has 0 bridgehead atoms. The van der Waals surface area contributed by atoms with Crippen LogP contribution in [0.3, 0.4) is 0 Å². The van der Waals surface area contributed by atoms with E-state index in [1.165, 1.54) is 0 Å². The summed E-state index contributed by atoms with van der Waals surface area (Å²) in [5.41, 5.74) is 2.74. The molecule has 100 valence electrons. The van der Waals surface area contributed by atoms with Gasteiger partial charge in [0, 0.05) is 28.3 Å². The number of carbonyl (C=O) groups excluding carboxylic acids is 1. The first kappa shape index (κ1) is 13.8. The Hall–Kier alpha value is -1.62. The van der Waals surface area contributed by atoms with Gasteiger partial charge in [-0.25, -0.2) is 0 Å². The van der Waals surface area contributed by atoms with Gasteiger partial charge in [0.1, 0.15) is 0 Å². The summed E-state index contributed by atoms with van der Waals surface area (Å²) < 4.78 is 2.76. The van der Waals surface area contributed by atoms with Gasteiger partial charge in [-0.05, 0) is 38.1 Å². The highest BCUT2D eigenvalue weighted by molar-refractivity contribution is 9.10. The van der Waals surface area contributed by atoms with Crippen LogP contribution in [0, 0.1) is 6.92 Å². The summed E-state index contributed by atoms with van der Waals surface area (Å²) in [5, 5.41) is 7.17. The normalized spacial score (nSPS) is 12.2. The molecule has 1 amide bonds. The maximum atomic E-state index is 12.1. The van der Waals surface area contributed by atoms with Gasteiger partial charge in [0.2, 0.25) is 0 Å². The molecular formula is C14H16BrN3O. The van der Waals surface area contributed by atoms with Gasteiger partial charge in [0.05, 0.1) is 12.2 Å². The quantitative estimate of drug-likeness (QED) is 0.944. The average Bonchev–Trinajstić information content (AvgIpc) is 2.70. The van der Waals surface area contributed by atoms with Gasteiger partial charge < -0.3 is 5.32 Å². The van der Waals surface area contributed by atoms with Gasteiger partial charge in [-0.3, -0.25) is 9.48 Å². The third-order valence-electron chi connectivity index (χ3n) is 3.19. The number of amides is 1. The van der Waals surface area contributed by atoms with Crippen molar-refractivity contribution in [1.29, 1.82) is 0 Å². The first-order valence-corrected chi connectivity index (χ1v) is 6.83. The highest BCUT2D eigenvalue weighted by Gasteiger charge is 2.15. The number of hydrogen-bond acceptors (Lipinski definition) is 2. The summed E-state index contributed by atoms with van der Waals surface area (Å²) in [6.07, 6.45) is 1.79. The molecule has 5 heteroatoms. The van der Waals surface area contributed by atoms with E-state index in [1.807, 2.05) is 33.0 Å². The number of halogens is 1. The van der Waals surface area contributed by atoms with E-state index in [2.05, 4.69) is 26.3 Å². The zero-order valence-electron chi connectivity index (χ0n) is 11.1. The van der Waals surface area contributed by atoms with E-state index in [0.29, 0.717) is 5.56 Å². The number of nitrogens with zero attached hydrogens (tertiary/aromatic N) is 2. The molecule has 4 nitrogen and oxygen atoms in total. The lowest BCUT2D eigenvalue weighted by Gasteiger charge is -2.13. The molecule has 1 aromatic carbocycles. The Labute approximate surface area is 120 Å². The van der Waals surface area contributed by atoms with Gasteiger partial charge in [-0.15, -0.1) is 0 Å². The van der Waals surface area contributed by atoms with Crippen molar-refractivity contribution < 1.29 is 4.79 Å². The summed E-state index contributed by atoms with van der Waals surface area (Å²) in [4.78, 5) is 12.1. The van der Waals surface area contributed by atoms with Gasteiger partial charge >= 0.3 is 0 Å². The largest absolute Gasteiger partial charge is 0.345 e. The number of nitrogens with one attached hydrogen (secondary N) is 1. The molecule has 0 saturated heterocycles. The first-order chi connectivity index (χ1) is 8.99. The van der Waals surface area contributed by atoms with Gasteiger partial charge in [-0.1, -0.05) is 15.9 Å². The third-order valence-corrected chi connectivity index (χ3v) is 3.72. The lowest BCUT2D eigenvalue weighted by Crippen LogP contribution is -2.26. The van der Waals surface area contributed by atoms with Crippen LogP contribution in [0.4, 0.5) is 0 Å². The van der Waals surface area contributed by atoms with Crippen molar-refractivity contribution in [3.63, 3.8) is 0 Å². The molecule has 1 atom stereocenters. The molecule has 0 aliphatic heterocycles. The predicted octanol–water partition coefficient (Wildman–Crippen LogP) is 2.98. The number of benzene rings is 1. The molecule has 0 radical (unpaired) electrons. The second-order valence-corrected chi connectivity index (χ2v) is 5.43. The minimum atomic E-state index is -0.0803. The van der Waals surface area contributed by atoms with Crippen LogP contribution < -0.4 is 5.32 Å². The minimum Gasteiger partial charge on any atom is -0.345 e. The van der Waals surface area contributed by atoms with Crippen LogP contribution in [0.15, 0.2) is 34.9 Å². The number of aromatic nitrogens is 2. The molecule has 19 heavy (non-hydrogen) atoms. The fraction of sp³-hybridized carbons (Fsp3) is 0.286. The second kappa shape index (κ2) is 5.57. The van der Waals surface area contributed by atoms with E-state index in [4.69, 9.17) is 0 Å². The van der Waals surface area contributed by atoms with E-state index >= 15 is 0 Å². The Morgan fingerprint density at radius 1 is 1.37 bits per heavy atom. The molecule has 1 N–H and O–H groups in total. The van der Waals surface area contributed by atoms with Crippen LogP contribution in [0.1, 0.15) is 34.6 Å². The van der Waals surface area contributed by atoms with Gasteiger partial charge in [0.25, 0.3) is 5.91 Å². The minimum absolute atomic E-state index is 0.0650. The number of carbonyl (C=O) groups is 1. The second-order valence-electron chi connectivity index (χ2n) is 4.51. The SMILES string of the molecule is Cc1c(C(C)NC(=O)c2ccc(Br)cc2)cnn1C. The molecule has 2 aromatic rings. The summed E-state index contributed by atoms with van der Waals surface area (Å²) in [6.45, 7) is 3.95. The monoisotopic (exact) mass is 321 g/mol. The van der Waals surface area contributed by atoms with Crippen LogP contribution in [-0.4, -0.2) is 15.7 Å². The maximum Gasteiger partial charge on any atom is 0.251 e. The van der Waals surface area contributed by atoms with Crippen LogP contribution in [0.25, 0.3) is 0 Å². The number of hydrogen-bond donors (Lipinski definition) is 1. The van der Waals surface area contributed by atoms with Crippen molar-refractivity contribution in [3.8, 4) is 0 Å². The van der Waals surface area contributed by atoms with Crippen LogP contribution in [-0.2, 0) is 7.05 Å². The molecule has 0 aliphatic rings. The zero-order chi connectivity index (χ0) is 14.0.